The molecule has 2 aromatic rings. The van der Waals surface area contributed by atoms with Crippen molar-refractivity contribution in [3.05, 3.63) is 34.9 Å². The van der Waals surface area contributed by atoms with Crippen molar-refractivity contribution in [1.29, 1.82) is 0 Å². The molecule has 6 heteroatoms. The van der Waals surface area contributed by atoms with E-state index in [2.05, 4.69) is 9.89 Å². The highest BCUT2D eigenvalue weighted by atomic mass is 32.2. The number of ether oxygens (including phenoxy) is 1. The molecule has 5 nitrogen and oxygen atoms in total. The minimum absolute atomic E-state index is 0.536. The van der Waals surface area contributed by atoms with Crippen molar-refractivity contribution in [2.75, 3.05) is 20.2 Å². The number of aliphatic imine (C=N–C) groups is 1. The molecule has 3 heterocycles. The molecule has 0 spiro atoms. The van der Waals surface area contributed by atoms with Crippen molar-refractivity contribution in [2.45, 2.75) is 13.0 Å². The average molecular weight is 316 g/mol. The lowest BCUT2D eigenvalue weighted by molar-refractivity contribution is 0.240. The summed E-state index contributed by atoms with van der Waals surface area (Å²) in [4.78, 5) is 7.58. The summed E-state index contributed by atoms with van der Waals surface area (Å²) in [6, 6.07) is 5.89. The molecular weight excluding hydrogens is 300 g/mol. The van der Waals surface area contributed by atoms with E-state index in [0.717, 1.165) is 51.1 Å². The maximum Gasteiger partial charge on any atom is 0.168 e. The van der Waals surface area contributed by atoms with E-state index in [0.29, 0.717) is 0 Å². The fourth-order valence-electron chi connectivity index (χ4n) is 2.93. The van der Waals surface area contributed by atoms with E-state index in [4.69, 9.17) is 9.15 Å². The summed E-state index contributed by atoms with van der Waals surface area (Å²) in [5, 5.41) is 12.0. The lowest BCUT2D eigenvalue weighted by atomic mass is 10.1. The first-order valence-electron chi connectivity index (χ1n) is 7.16. The van der Waals surface area contributed by atoms with Gasteiger partial charge in [-0.15, -0.1) is 0 Å². The molecule has 1 N–H and O–H groups in total. The van der Waals surface area contributed by atoms with E-state index in [1.165, 1.54) is 0 Å². The van der Waals surface area contributed by atoms with Crippen molar-refractivity contribution in [3.8, 4) is 5.75 Å². The van der Waals surface area contributed by atoms with Crippen molar-refractivity contribution in [1.82, 2.24) is 4.90 Å². The molecular formula is C16H16N2O3S. The van der Waals surface area contributed by atoms with Crippen molar-refractivity contribution < 1.29 is 14.3 Å². The molecule has 4 rings (SSSR count). The van der Waals surface area contributed by atoms with Gasteiger partial charge in [0.05, 0.1) is 37.1 Å². The zero-order chi connectivity index (χ0) is 15.3. The van der Waals surface area contributed by atoms with Crippen molar-refractivity contribution >= 4 is 33.6 Å². The van der Waals surface area contributed by atoms with Crippen LogP contribution in [0.15, 0.2) is 38.8 Å². The normalized spacial score (nSPS) is 18.9. The van der Waals surface area contributed by atoms with Crippen LogP contribution >= 0.6 is 11.8 Å². The first-order chi connectivity index (χ1) is 10.7. The fraction of sp³-hybridized carbons (Fsp3) is 0.312. The number of rotatable bonds is 3. The summed E-state index contributed by atoms with van der Waals surface area (Å²) in [6.07, 6.45) is 1.12. The molecule has 0 aliphatic carbocycles. The lowest BCUT2D eigenvalue weighted by Crippen LogP contribution is -2.20. The molecule has 0 bridgehead atoms. The Labute approximate surface area is 132 Å². The van der Waals surface area contributed by atoms with Crippen LogP contribution in [0.1, 0.15) is 12.5 Å². The van der Waals surface area contributed by atoms with Gasteiger partial charge in [-0.2, -0.15) is 0 Å². The average Bonchev–Trinajstić information content (AvgIpc) is 3.19. The second-order valence-electron chi connectivity index (χ2n) is 5.32. The Morgan fingerprint density at radius 2 is 2.32 bits per heavy atom. The zero-order valence-electron chi connectivity index (χ0n) is 12.4. The highest BCUT2D eigenvalue weighted by Crippen LogP contribution is 2.44. The number of methoxy groups -OCH3 is 1. The van der Waals surface area contributed by atoms with E-state index < -0.39 is 6.10 Å². The van der Waals surface area contributed by atoms with Gasteiger partial charge in [0.15, 0.2) is 5.17 Å². The van der Waals surface area contributed by atoms with Gasteiger partial charge in [0, 0.05) is 17.0 Å². The monoisotopic (exact) mass is 316 g/mol. The second-order valence-corrected chi connectivity index (χ2v) is 6.33. The van der Waals surface area contributed by atoms with Gasteiger partial charge in [-0.05, 0) is 25.1 Å². The predicted octanol–water partition coefficient (Wildman–Crippen LogP) is 2.91. The van der Waals surface area contributed by atoms with Gasteiger partial charge in [0.1, 0.15) is 11.3 Å². The van der Waals surface area contributed by atoms with E-state index in [1.807, 2.05) is 18.2 Å². The first-order valence-corrected chi connectivity index (χ1v) is 7.98. The van der Waals surface area contributed by atoms with Crippen LogP contribution in [0.3, 0.4) is 0 Å². The Bertz CT molecular complexity index is 807. The number of aliphatic hydroxyl groups excluding tert-OH is 1. The van der Waals surface area contributed by atoms with E-state index >= 15 is 0 Å². The summed E-state index contributed by atoms with van der Waals surface area (Å²) < 4.78 is 11.0. The third-order valence-electron chi connectivity index (χ3n) is 3.91. The summed E-state index contributed by atoms with van der Waals surface area (Å²) in [5.74, 6) is 0.772. The van der Waals surface area contributed by atoms with Crippen LogP contribution in [0.2, 0.25) is 0 Å². The molecule has 1 atom stereocenters. The Morgan fingerprint density at radius 1 is 1.45 bits per heavy atom. The van der Waals surface area contributed by atoms with Gasteiger partial charge in [0.2, 0.25) is 0 Å². The minimum Gasteiger partial charge on any atom is -0.496 e. The van der Waals surface area contributed by atoms with Gasteiger partial charge in [-0.3, -0.25) is 4.99 Å². The summed E-state index contributed by atoms with van der Waals surface area (Å²) in [6.45, 7) is 3.42. The van der Waals surface area contributed by atoms with Crippen LogP contribution in [-0.4, -0.2) is 41.5 Å². The molecule has 0 saturated heterocycles. The molecule has 0 amide bonds. The van der Waals surface area contributed by atoms with Crippen LogP contribution in [-0.2, 0) is 0 Å². The van der Waals surface area contributed by atoms with Crippen molar-refractivity contribution in [3.63, 3.8) is 0 Å². The fourth-order valence-corrected chi connectivity index (χ4v) is 4.07. The molecule has 114 valence electrons. The smallest absolute Gasteiger partial charge is 0.168 e. The molecule has 1 aromatic carbocycles. The van der Waals surface area contributed by atoms with Gasteiger partial charge < -0.3 is 19.2 Å². The molecule has 2 aliphatic rings. The maximum absolute atomic E-state index is 10.1. The topological polar surface area (TPSA) is 58.2 Å². The van der Waals surface area contributed by atoms with E-state index in [-0.39, 0.29) is 0 Å². The van der Waals surface area contributed by atoms with Crippen LogP contribution < -0.4 is 4.74 Å². The summed E-state index contributed by atoms with van der Waals surface area (Å²) >= 11 is 1.55. The minimum atomic E-state index is -0.536. The number of nitrogens with zero attached hydrogens (tertiary/aromatic N) is 2. The highest BCUT2D eigenvalue weighted by molar-refractivity contribution is 8.17. The van der Waals surface area contributed by atoms with E-state index in [9.17, 15) is 5.11 Å². The van der Waals surface area contributed by atoms with Crippen LogP contribution in [0, 0.1) is 0 Å². The maximum atomic E-state index is 10.1. The molecule has 22 heavy (non-hydrogen) atoms. The Morgan fingerprint density at radius 3 is 3.09 bits per heavy atom. The Kier molecular flexibility index (Phi) is 3.16. The number of benzene rings is 1. The standard InChI is InChI=1S/C16H16N2O3S/c1-9(19)15-14(18-5-4-17-16(18)22-15)10-7-12(20-2)11-3-6-21-13(11)8-10/h3,6-9,19H,4-5H2,1-2H3. The van der Waals surface area contributed by atoms with Gasteiger partial charge in [0.25, 0.3) is 0 Å². The number of furan rings is 1. The van der Waals surface area contributed by atoms with Gasteiger partial charge in [-0.25, -0.2) is 0 Å². The third-order valence-corrected chi connectivity index (χ3v) is 5.20. The largest absolute Gasteiger partial charge is 0.496 e. The van der Waals surface area contributed by atoms with Crippen LogP contribution in [0.4, 0.5) is 0 Å². The molecule has 1 unspecified atom stereocenters. The number of hydrogen-bond acceptors (Lipinski definition) is 6. The SMILES string of the molecule is COc1cc(C2=C(C(C)O)SC3=NCCN32)cc2occc12. The molecule has 0 radical (unpaired) electrons. The highest BCUT2D eigenvalue weighted by Gasteiger charge is 2.35. The van der Waals surface area contributed by atoms with Gasteiger partial charge >= 0.3 is 0 Å². The quantitative estimate of drug-likeness (QED) is 0.943. The number of hydrogen-bond donors (Lipinski definition) is 1. The van der Waals surface area contributed by atoms with Crippen LogP contribution in [0.25, 0.3) is 16.7 Å². The molecule has 2 aliphatic heterocycles. The third kappa shape index (κ3) is 1.94. The van der Waals surface area contributed by atoms with E-state index in [1.54, 1.807) is 32.1 Å². The van der Waals surface area contributed by atoms with Gasteiger partial charge in [-0.1, -0.05) is 11.8 Å². The Balaban J connectivity index is 1.92. The molecule has 0 saturated carbocycles. The number of fused-ring (bicyclic) bond motifs is 2. The second kappa shape index (κ2) is 5.07. The number of thioether (sulfide) groups is 1. The lowest BCUT2D eigenvalue weighted by Gasteiger charge is -2.18. The molecule has 0 fully saturated rings. The predicted molar refractivity (Wildman–Crippen MR) is 88.0 cm³/mol. The Hall–Kier alpha value is -1.92. The first kappa shape index (κ1) is 13.7. The zero-order valence-corrected chi connectivity index (χ0v) is 13.2. The summed E-state index contributed by atoms with van der Waals surface area (Å²) in [7, 11) is 1.65. The van der Waals surface area contributed by atoms with Crippen molar-refractivity contribution in [2.24, 2.45) is 4.99 Å². The summed E-state index contributed by atoms with van der Waals surface area (Å²) in [5.41, 5.74) is 2.77. The number of amidine groups is 1. The van der Waals surface area contributed by atoms with Crippen LogP contribution in [0.5, 0.6) is 5.75 Å². The molecule has 1 aromatic heterocycles. The number of aliphatic hydroxyl groups is 1.